The SMILES string of the molecule is CNc1nc(NC(=C(C)C)c2ccccc2C)ncc1C(F)(F)F. The lowest BCUT2D eigenvalue weighted by Gasteiger charge is -2.16. The van der Waals surface area contributed by atoms with Gasteiger partial charge in [-0.3, -0.25) is 0 Å². The van der Waals surface area contributed by atoms with E-state index in [1.165, 1.54) is 7.05 Å². The molecule has 0 aliphatic rings. The van der Waals surface area contributed by atoms with Crippen molar-refractivity contribution in [2.75, 3.05) is 17.7 Å². The fraction of sp³-hybridized carbons (Fsp3) is 0.294. The highest BCUT2D eigenvalue weighted by molar-refractivity contribution is 5.78. The Labute approximate surface area is 138 Å². The van der Waals surface area contributed by atoms with Gasteiger partial charge in [-0.25, -0.2) is 4.98 Å². The molecule has 1 aromatic heterocycles. The van der Waals surface area contributed by atoms with Crippen molar-refractivity contribution >= 4 is 17.5 Å². The summed E-state index contributed by atoms with van der Waals surface area (Å²) in [6.07, 6.45) is -3.73. The molecule has 0 radical (unpaired) electrons. The van der Waals surface area contributed by atoms with E-state index in [9.17, 15) is 13.2 Å². The van der Waals surface area contributed by atoms with Gasteiger partial charge in [0.1, 0.15) is 11.4 Å². The normalized spacial score (nSPS) is 11.1. The topological polar surface area (TPSA) is 49.8 Å². The molecule has 0 saturated heterocycles. The molecule has 0 atom stereocenters. The van der Waals surface area contributed by atoms with Crippen LogP contribution in [0.5, 0.6) is 0 Å². The zero-order valence-corrected chi connectivity index (χ0v) is 13.9. The number of nitrogens with zero attached hydrogens (tertiary/aromatic N) is 2. The van der Waals surface area contributed by atoms with Crippen LogP contribution in [0.2, 0.25) is 0 Å². The van der Waals surface area contributed by atoms with Crippen molar-refractivity contribution in [2.45, 2.75) is 26.9 Å². The van der Waals surface area contributed by atoms with E-state index in [0.717, 1.165) is 28.6 Å². The van der Waals surface area contributed by atoms with Crippen LogP contribution in [-0.2, 0) is 6.18 Å². The van der Waals surface area contributed by atoms with Crippen LogP contribution in [0.3, 0.4) is 0 Å². The maximum Gasteiger partial charge on any atom is 0.421 e. The monoisotopic (exact) mass is 336 g/mol. The summed E-state index contributed by atoms with van der Waals surface area (Å²) in [5.41, 5.74) is 2.84. The Morgan fingerprint density at radius 3 is 2.33 bits per heavy atom. The van der Waals surface area contributed by atoms with E-state index in [2.05, 4.69) is 20.6 Å². The maximum absolute atomic E-state index is 12.9. The van der Waals surface area contributed by atoms with Gasteiger partial charge in [0.15, 0.2) is 0 Å². The highest BCUT2D eigenvalue weighted by Crippen LogP contribution is 2.34. The molecule has 0 bridgehead atoms. The number of rotatable bonds is 4. The minimum Gasteiger partial charge on any atom is -0.372 e. The van der Waals surface area contributed by atoms with Gasteiger partial charge >= 0.3 is 6.18 Å². The lowest BCUT2D eigenvalue weighted by atomic mass is 10.0. The predicted octanol–water partition coefficient (Wildman–Crippen LogP) is 4.71. The van der Waals surface area contributed by atoms with Gasteiger partial charge < -0.3 is 10.6 Å². The number of nitrogens with one attached hydrogen (secondary N) is 2. The summed E-state index contributed by atoms with van der Waals surface area (Å²) in [7, 11) is 1.39. The van der Waals surface area contributed by atoms with Gasteiger partial charge in [-0.15, -0.1) is 0 Å². The smallest absolute Gasteiger partial charge is 0.372 e. The number of aromatic nitrogens is 2. The van der Waals surface area contributed by atoms with E-state index in [4.69, 9.17) is 0 Å². The summed E-state index contributed by atoms with van der Waals surface area (Å²) in [6.45, 7) is 5.79. The van der Waals surface area contributed by atoms with Crippen molar-refractivity contribution in [3.63, 3.8) is 0 Å². The Balaban J connectivity index is 2.42. The van der Waals surface area contributed by atoms with E-state index >= 15 is 0 Å². The molecule has 0 spiro atoms. The molecule has 4 nitrogen and oxygen atoms in total. The number of aryl methyl sites for hydroxylation is 1. The summed E-state index contributed by atoms with van der Waals surface area (Å²) in [5.74, 6) is -0.162. The first-order valence-corrected chi connectivity index (χ1v) is 7.36. The largest absolute Gasteiger partial charge is 0.421 e. The maximum atomic E-state index is 12.9. The number of benzene rings is 1. The van der Waals surface area contributed by atoms with Gasteiger partial charge in [0.05, 0.1) is 0 Å². The summed E-state index contributed by atoms with van der Waals surface area (Å²) in [6, 6.07) is 7.73. The lowest BCUT2D eigenvalue weighted by Crippen LogP contribution is -2.13. The molecule has 1 aromatic carbocycles. The van der Waals surface area contributed by atoms with Gasteiger partial charge in [-0.2, -0.15) is 18.2 Å². The van der Waals surface area contributed by atoms with E-state index in [0.29, 0.717) is 0 Å². The molecule has 0 amide bonds. The zero-order valence-electron chi connectivity index (χ0n) is 13.9. The average Bonchev–Trinajstić information content (AvgIpc) is 2.52. The first kappa shape index (κ1) is 17.8. The summed E-state index contributed by atoms with van der Waals surface area (Å²) in [4.78, 5) is 7.76. The average molecular weight is 336 g/mol. The second kappa shape index (κ2) is 6.90. The highest BCUT2D eigenvalue weighted by atomic mass is 19.4. The lowest BCUT2D eigenvalue weighted by molar-refractivity contribution is -0.137. The van der Waals surface area contributed by atoms with Crippen LogP contribution in [0.4, 0.5) is 24.9 Å². The van der Waals surface area contributed by atoms with Crippen LogP contribution in [0, 0.1) is 6.92 Å². The van der Waals surface area contributed by atoms with Crippen molar-refractivity contribution in [1.82, 2.24) is 9.97 Å². The van der Waals surface area contributed by atoms with Gasteiger partial charge in [0.25, 0.3) is 0 Å². The number of hydrogen-bond acceptors (Lipinski definition) is 4. The highest BCUT2D eigenvalue weighted by Gasteiger charge is 2.35. The van der Waals surface area contributed by atoms with Crippen LogP contribution in [0.25, 0.3) is 5.70 Å². The number of allylic oxidation sites excluding steroid dienone is 1. The Kier molecular flexibility index (Phi) is 5.11. The Bertz CT molecular complexity index is 763. The van der Waals surface area contributed by atoms with Crippen molar-refractivity contribution in [3.05, 3.63) is 52.7 Å². The summed E-state index contributed by atoms with van der Waals surface area (Å²) in [5, 5.41) is 5.51. The van der Waals surface area contributed by atoms with Crippen molar-refractivity contribution < 1.29 is 13.2 Å². The molecular weight excluding hydrogens is 317 g/mol. The molecule has 2 N–H and O–H groups in total. The number of halogens is 3. The molecule has 1 heterocycles. The molecule has 0 aliphatic carbocycles. The summed E-state index contributed by atoms with van der Waals surface area (Å²) < 4.78 is 38.8. The van der Waals surface area contributed by atoms with Crippen LogP contribution in [0.1, 0.15) is 30.5 Å². The molecule has 0 aliphatic heterocycles. The predicted molar refractivity (Wildman–Crippen MR) is 89.7 cm³/mol. The molecule has 0 saturated carbocycles. The first-order valence-electron chi connectivity index (χ1n) is 7.36. The standard InChI is InChI=1S/C17H19F3N4/c1-10(2)14(12-8-6-5-7-11(12)3)23-16-22-9-13(17(18,19)20)15(21-4)24-16/h5-9H,1-4H3,(H2,21,22,23,24). The third-order valence-electron chi connectivity index (χ3n) is 3.48. The van der Waals surface area contributed by atoms with E-state index in [1.807, 2.05) is 45.0 Å². The van der Waals surface area contributed by atoms with Crippen molar-refractivity contribution in [1.29, 1.82) is 0 Å². The molecule has 128 valence electrons. The van der Waals surface area contributed by atoms with Crippen LogP contribution in [-0.4, -0.2) is 17.0 Å². The van der Waals surface area contributed by atoms with Crippen molar-refractivity contribution in [3.8, 4) is 0 Å². The Hall–Kier alpha value is -2.57. The molecule has 2 aromatic rings. The van der Waals surface area contributed by atoms with E-state index in [-0.39, 0.29) is 11.8 Å². The third-order valence-corrected chi connectivity index (χ3v) is 3.48. The fourth-order valence-corrected chi connectivity index (χ4v) is 2.27. The molecule has 2 rings (SSSR count). The summed E-state index contributed by atoms with van der Waals surface area (Å²) >= 11 is 0. The van der Waals surface area contributed by atoms with Gasteiger partial charge in [-0.05, 0) is 26.3 Å². The minimum absolute atomic E-state index is 0.104. The minimum atomic E-state index is -4.51. The zero-order chi connectivity index (χ0) is 17.9. The van der Waals surface area contributed by atoms with Crippen molar-refractivity contribution in [2.24, 2.45) is 0 Å². The van der Waals surface area contributed by atoms with Gasteiger partial charge in [-0.1, -0.05) is 29.8 Å². The molecule has 0 fully saturated rings. The molecule has 7 heteroatoms. The van der Waals surface area contributed by atoms with E-state index in [1.54, 1.807) is 0 Å². The molecular formula is C17H19F3N4. The third kappa shape index (κ3) is 3.84. The molecule has 0 unspecified atom stereocenters. The van der Waals surface area contributed by atoms with Crippen LogP contribution < -0.4 is 10.6 Å². The van der Waals surface area contributed by atoms with E-state index < -0.39 is 11.7 Å². The second-order valence-electron chi connectivity index (χ2n) is 5.52. The van der Waals surface area contributed by atoms with Gasteiger partial charge in [0.2, 0.25) is 5.95 Å². The van der Waals surface area contributed by atoms with Gasteiger partial charge in [0, 0.05) is 24.5 Å². The number of anilines is 2. The second-order valence-corrected chi connectivity index (χ2v) is 5.52. The Morgan fingerprint density at radius 2 is 1.79 bits per heavy atom. The molecule has 24 heavy (non-hydrogen) atoms. The number of hydrogen-bond donors (Lipinski definition) is 2. The Morgan fingerprint density at radius 1 is 1.12 bits per heavy atom. The van der Waals surface area contributed by atoms with Crippen LogP contribution in [0.15, 0.2) is 36.0 Å². The van der Waals surface area contributed by atoms with Crippen LogP contribution >= 0.6 is 0 Å². The first-order chi connectivity index (χ1) is 11.2. The fourth-order valence-electron chi connectivity index (χ4n) is 2.27. The number of alkyl halides is 3. The quantitative estimate of drug-likeness (QED) is 0.849.